The summed E-state index contributed by atoms with van der Waals surface area (Å²) in [6, 6.07) is 0.170. The monoisotopic (exact) mass is 321 g/mol. The maximum Gasteiger partial charge on any atom is 0.333 e. The van der Waals surface area contributed by atoms with E-state index in [1.165, 1.54) is 23.5 Å². The predicted octanol–water partition coefficient (Wildman–Crippen LogP) is 1.75. The minimum Gasteiger partial charge on any atom is -0.459 e. The number of hydrogen-bond donors (Lipinski definition) is 0. The summed E-state index contributed by atoms with van der Waals surface area (Å²) in [5, 5.41) is 0. The molecule has 1 saturated carbocycles. The second-order valence-corrected chi connectivity index (χ2v) is 6.01. The van der Waals surface area contributed by atoms with Gasteiger partial charge in [-0.3, -0.25) is 14.5 Å². The van der Waals surface area contributed by atoms with Gasteiger partial charge in [-0.2, -0.15) is 0 Å². The van der Waals surface area contributed by atoms with Crippen LogP contribution >= 0.6 is 0 Å². The van der Waals surface area contributed by atoms with E-state index in [9.17, 15) is 14.4 Å². The van der Waals surface area contributed by atoms with E-state index in [-0.39, 0.29) is 29.9 Å². The van der Waals surface area contributed by atoms with Crippen LogP contribution in [-0.2, 0) is 23.9 Å². The average molecular weight is 321 g/mol. The maximum absolute atomic E-state index is 11.3. The Hall–Kier alpha value is -1.95. The summed E-state index contributed by atoms with van der Waals surface area (Å²) in [4.78, 5) is 34.7. The molecule has 1 atom stereocenters. The van der Waals surface area contributed by atoms with Crippen LogP contribution in [-0.4, -0.2) is 48.0 Å². The van der Waals surface area contributed by atoms with Gasteiger partial charge in [-0.05, 0) is 19.8 Å². The molecule has 2 heterocycles. The van der Waals surface area contributed by atoms with Crippen molar-refractivity contribution in [3.05, 3.63) is 24.3 Å². The highest BCUT2D eigenvalue weighted by Crippen LogP contribution is 2.24. The molecule has 0 radical (unpaired) electrons. The van der Waals surface area contributed by atoms with Gasteiger partial charge in [-0.1, -0.05) is 25.8 Å². The van der Waals surface area contributed by atoms with E-state index in [0.717, 1.165) is 25.7 Å². The average Bonchev–Trinajstić information content (AvgIpc) is 3.31. The Morgan fingerprint density at radius 2 is 1.83 bits per heavy atom. The van der Waals surface area contributed by atoms with Crippen LogP contribution in [0.1, 0.15) is 39.0 Å². The molecule has 23 heavy (non-hydrogen) atoms. The van der Waals surface area contributed by atoms with Crippen LogP contribution < -0.4 is 0 Å². The molecule has 126 valence electrons. The minimum atomic E-state index is -0.337. The predicted molar refractivity (Wildman–Crippen MR) is 83.4 cm³/mol. The molecule has 0 bridgehead atoms. The fourth-order valence-electron chi connectivity index (χ4n) is 2.57. The van der Waals surface area contributed by atoms with Crippen LogP contribution in [0.15, 0.2) is 24.3 Å². The van der Waals surface area contributed by atoms with Gasteiger partial charge in [0.25, 0.3) is 11.8 Å². The fraction of sp³-hybridized carbons (Fsp3) is 0.588. The first-order chi connectivity index (χ1) is 11.0. The van der Waals surface area contributed by atoms with Gasteiger partial charge >= 0.3 is 5.97 Å². The Bertz CT molecular complexity index is 497. The molecule has 0 aromatic carbocycles. The van der Waals surface area contributed by atoms with Gasteiger partial charge in [0.2, 0.25) is 0 Å². The van der Waals surface area contributed by atoms with Crippen molar-refractivity contribution in [2.75, 3.05) is 13.2 Å². The molecule has 3 aliphatic rings. The Labute approximate surface area is 136 Å². The smallest absolute Gasteiger partial charge is 0.333 e. The fourth-order valence-corrected chi connectivity index (χ4v) is 2.57. The summed E-state index contributed by atoms with van der Waals surface area (Å²) in [6.07, 6.45) is 8.37. The lowest BCUT2D eigenvalue weighted by Crippen LogP contribution is -2.41. The highest BCUT2D eigenvalue weighted by molar-refractivity contribution is 6.13. The zero-order valence-corrected chi connectivity index (χ0v) is 13.5. The van der Waals surface area contributed by atoms with Crippen molar-refractivity contribution in [1.82, 2.24) is 4.90 Å². The van der Waals surface area contributed by atoms with Crippen LogP contribution in [0.25, 0.3) is 0 Å². The second-order valence-electron chi connectivity index (χ2n) is 6.01. The summed E-state index contributed by atoms with van der Waals surface area (Å²) in [5.74, 6) is -0.593. The summed E-state index contributed by atoms with van der Waals surface area (Å²) in [6.45, 7) is 6.14. The van der Waals surface area contributed by atoms with Crippen molar-refractivity contribution in [2.24, 2.45) is 0 Å². The number of amides is 2. The summed E-state index contributed by atoms with van der Waals surface area (Å²) in [7, 11) is 0. The van der Waals surface area contributed by atoms with Gasteiger partial charge in [0, 0.05) is 23.8 Å². The van der Waals surface area contributed by atoms with Crippen LogP contribution in [0.4, 0.5) is 0 Å². The van der Waals surface area contributed by atoms with Gasteiger partial charge in [0.15, 0.2) is 0 Å². The number of imide groups is 1. The first-order valence-corrected chi connectivity index (χ1v) is 7.98. The molecule has 6 nitrogen and oxygen atoms in total. The summed E-state index contributed by atoms with van der Waals surface area (Å²) in [5.41, 5.74) is 0.431. The molecule has 1 aliphatic carbocycles. The van der Waals surface area contributed by atoms with E-state index in [1.54, 1.807) is 6.92 Å². The molecule has 3 rings (SSSR count). The Kier molecular flexibility index (Phi) is 6.10. The number of carbonyl (C=O) groups excluding carboxylic acids is 3. The third-order valence-corrected chi connectivity index (χ3v) is 3.93. The van der Waals surface area contributed by atoms with Crippen molar-refractivity contribution in [3.63, 3.8) is 0 Å². The first kappa shape index (κ1) is 17.4. The van der Waals surface area contributed by atoms with Gasteiger partial charge in [-0.25, -0.2) is 4.79 Å². The standard InChI is InChI=1S/C10H13NO2.C7H10O3/c12-9-6-7-10(13)11(9)8-4-2-1-3-5-8;1-5(2)7(8)10-4-6-3-9-6/h6-8H,1-5H2;6H,1,3-4H2,2H3. The number of esters is 1. The summed E-state index contributed by atoms with van der Waals surface area (Å²) < 4.78 is 9.60. The van der Waals surface area contributed by atoms with Crippen LogP contribution in [0.5, 0.6) is 0 Å². The van der Waals surface area contributed by atoms with Crippen LogP contribution in [0.3, 0.4) is 0 Å². The van der Waals surface area contributed by atoms with Crippen molar-refractivity contribution < 1.29 is 23.9 Å². The molecule has 2 amide bonds. The zero-order chi connectivity index (χ0) is 16.8. The van der Waals surface area contributed by atoms with Crippen molar-refractivity contribution in [2.45, 2.75) is 51.2 Å². The van der Waals surface area contributed by atoms with Crippen molar-refractivity contribution in [1.29, 1.82) is 0 Å². The molecular formula is C17H23NO5. The van der Waals surface area contributed by atoms with Gasteiger partial charge in [0.1, 0.15) is 12.7 Å². The van der Waals surface area contributed by atoms with Crippen molar-refractivity contribution in [3.8, 4) is 0 Å². The second kappa shape index (κ2) is 8.06. The number of rotatable bonds is 4. The Morgan fingerprint density at radius 3 is 2.30 bits per heavy atom. The molecule has 6 heteroatoms. The molecule has 0 aromatic heterocycles. The van der Waals surface area contributed by atoms with E-state index in [2.05, 4.69) is 6.58 Å². The molecule has 2 fully saturated rings. The topological polar surface area (TPSA) is 76.2 Å². The lowest BCUT2D eigenvalue weighted by molar-refractivity contribution is -0.141. The van der Waals surface area contributed by atoms with Gasteiger partial charge in [0.05, 0.1) is 6.61 Å². The number of ether oxygens (including phenoxy) is 2. The molecule has 2 aliphatic heterocycles. The number of carbonyl (C=O) groups is 3. The Morgan fingerprint density at radius 1 is 1.26 bits per heavy atom. The highest BCUT2D eigenvalue weighted by atomic mass is 16.6. The number of nitrogens with zero attached hydrogens (tertiary/aromatic N) is 1. The molecule has 0 aromatic rings. The largest absolute Gasteiger partial charge is 0.459 e. The molecular weight excluding hydrogens is 298 g/mol. The minimum absolute atomic E-state index is 0.128. The van der Waals surface area contributed by atoms with E-state index in [4.69, 9.17) is 9.47 Å². The lowest BCUT2D eigenvalue weighted by atomic mass is 9.94. The first-order valence-electron chi connectivity index (χ1n) is 7.98. The van der Waals surface area contributed by atoms with E-state index < -0.39 is 0 Å². The summed E-state index contributed by atoms with van der Waals surface area (Å²) >= 11 is 0. The van der Waals surface area contributed by atoms with E-state index >= 15 is 0 Å². The van der Waals surface area contributed by atoms with Crippen LogP contribution in [0, 0.1) is 0 Å². The quantitative estimate of drug-likeness (QED) is 0.341. The maximum atomic E-state index is 11.3. The normalized spacial score (nSPS) is 23.3. The molecule has 1 saturated heterocycles. The highest BCUT2D eigenvalue weighted by Gasteiger charge is 2.31. The Balaban J connectivity index is 0.000000174. The number of hydrogen-bond acceptors (Lipinski definition) is 5. The zero-order valence-electron chi connectivity index (χ0n) is 13.5. The SMILES string of the molecule is C=C(C)C(=O)OCC1CO1.O=C1C=CC(=O)N1C1CCCCC1. The lowest BCUT2D eigenvalue weighted by Gasteiger charge is -2.29. The number of epoxide rings is 1. The van der Waals surface area contributed by atoms with E-state index in [1.807, 2.05) is 0 Å². The van der Waals surface area contributed by atoms with Gasteiger partial charge < -0.3 is 9.47 Å². The molecule has 1 unspecified atom stereocenters. The van der Waals surface area contributed by atoms with Gasteiger partial charge in [-0.15, -0.1) is 0 Å². The molecule has 0 spiro atoms. The van der Waals surface area contributed by atoms with Crippen LogP contribution in [0.2, 0.25) is 0 Å². The third-order valence-electron chi connectivity index (χ3n) is 3.93. The third kappa shape index (κ3) is 5.32. The van der Waals surface area contributed by atoms with Crippen molar-refractivity contribution >= 4 is 17.8 Å². The van der Waals surface area contributed by atoms with E-state index in [0.29, 0.717) is 18.8 Å². The molecule has 0 N–H and O–H groups in total.